The molecule has 1 N–H and O–H groups in total. The molecule has 2 aliphatic rings. The van der Waals surface area contributed by atoms with E-state index in [0.29, 0.717) is 5.75 Å². The number of hydrogen-bond donors (Lipinski definition) is 1. The van der Waals surface area contributed by atoms with Gasteiger partial charge in [0.15, 0.2) is 0 Å². The number of fused-ring (bicyclic) bond motifs is 7. The van der Waals surface area contributed by atoms with Crippen molar-refractivity contribution in [3.8, 4) is 5.75 Å². The molecule has 0 unspecified atom stereocenters. The van der Waals surface area contributed by atoms with Gasteiger partial charge >= 0.3 is 0 Å². The molecule has 0 radical (unpaired) electrons. The van der Waals surface area contributed by atoms with Crippen LogP contribution in [0, 0.1) is 0 Å². The van der Waals surface area contributed by atoms with Crippen LogP contribution in [0.25, 0.3) is 27.3 Å². The van der Waals surface area contributed by atoms with Crippen molar-refractivity contribution >= 4 is 27.3 Å². The maximum absolute atomic E-state index is 10.7. The molecule has 0 saturated heterocycles. The highest BCUT2D eigenvalue weighted by atomic mass is 16.3. The molecular formula is C22H21N2O+. The van der Waals surface area contributed by atoms with Crippen LogP contribution >= 0.6 is 0 Å². The Morgan fingerprint density at radius 2 is 1.88 bits per heavy atom. The summed E-state index contributed by atoms with van der Waals surface area (Å²) in [5.41, 5.74) is 5.54. The fourth-order valence-corrected chi connectivity index (χ4v) is 4.71. The van der Waals surface area contributed by atoms with Crippen molar-refractivity contribution in [1.82, 2.24) is 4.40 Å². The second-order valence-corrected chi connectivity index (χ2v) is 8.05. The number of aromatic nitrogens is 2. The molecule has 1 saturated carbocycles. The summed E-state index contributed by atoms with van der Waals surface area (Å²) in [6.07, 6.45) is 10.4. The monoisotopic (exact) mass is 329 g/mol. The average Bonchev–Trinajstić information content (AvgIpc) is 3.03. The highest BCUT2D eigenvalue weighted by molar-refractivity contribution is 6.13. The Morgan fingerprint density at radius 3 is 2.68 bits per heavy atom. The van der Waals surface area contributed by atoms with Gasteiger partial charge in [0.2, 0.25) is 0 Å². The Balaban J connectivity index is 1.90. The Kier molecular flexibility index (Phi) is 2.38. The van der Waals surface area contributed by atoms with E-state index >= 15 is 0 Å². The average molecular weight is 329 g/mol. The number of pyridine rings is 1. The summed E-state index contributed by atoms with van der Waals surface area (Å²) < 4.78 is 4.67. The fourth-order valence-electron chi connectivity index (χ4n) is 4.71. The highest BCUT2D eigenvalue weighted by Gasteiger charge is 2.46. The molecule has 2 aliphatic carbocycles. The summed E-state index contributed by atoms with van der Waals surface area (Å²) in [6.45, 7) is 2.31. The summed E-state index contributed by atoms with van der Waals surface area (Å²) in [5.74, 6) is 0.376. The topological polar surface area (TPSA) is 28.5 Å². The molecule has 0 spiro atoms. The summed E-state index contributed by atoms with van der Waals surface area (Å²) in [5, 5.41) is 14.1. The Morgan fingerprint density at radius 1 is 1.08 bits per heavy atom. The molecule has 3 heteroatoms. The molecule has 25 heavy (non-hydrogen) atoms. The van der Waals surface area contributed by atoms with Gasteiger partial charge in [0.1, 0.15) is 34.6 Å². The van der Waals surface area contributed by atoms with Crippen molar-refractivity contribution in [3.63, 3.8) is 0 Å². The number of nitrogens with zero attached hydrogens (tertiary/aromatic N) is 2. The van der Waals surface area contributed by atoms with Gasteiger partial charge in [-0.3, -0.25) is 0 Å². The van der Waals surface area contributed by atoms with E-state index in [1.54, 1.807) is 0 Å². The third-order valence-corrected chi connectivity index (χ3v) is 6.40. The lowest BCUT2D eigenvalue weighted by atomic mass is 10.0. The lowest BCUT2D eigenvalue weighted by Crippen LogP contribution is -2.43. The van der Waals surface area contributed by atoms with Crippen LogP contribution in [-0.4, -0.2) is 9.51 Å². The number of phenolic OH excluding ortho intramolecular Hbond substituents is 1. The van der Waals surface area contributed by atoms with E-state index < -0.39 is 0 Å². The summed E-state index contributed by atoms with van der Waals surface area (Å²) in [6, 6.07) is 10.7. The standard InChI is InChI=1S/C22H20N2O/c1-22(8-9-22)24-11-10-23-18-13-15-5-2-4-14(15)12-17(18)16-6-3-7-19(25)20(16)21(23)24/h3,6-7,10-13H,2,4-5,8-9H2,1H3/p+1. The number of aryl methyl sites for hydroxylation is 2. The maximum atomic E-state index is 10.7. The first-order chi connectivity index (χ1) is 12.2. The normalized spacial score (nSPS) is 18.3. The quantitative estimate of drug-likeness (QED) is 0.411. The van der Waals surface area contributed by atoms with E-state index in [1.807, 2.05) is 12.1 Å². The minimum Gasteiger partial charge on any atom is -0.507 e. The molecule has 0 amide bonds. The minimum absolute atomic E-state index is 0.189. The van der Waals surface area contributed by atoms with Crippen LogP contribution in [0.1, 0.15) is 37.3 Å². The van der Waals surface area contributed by atoms with E-state index in [0.717, 1.165) is 16.4 Å². The zero-order valence-electron chi connectivity index (χ0n) is 14.4. The summed E-state index contributed by atoms with van der Waals surface area (Å²) >= 11 is 0. The van der Waals surface area contributed by atoms with E-state index in [1.165, 1.54) is 54.1 Å². The Bertz CT molecular complexity index is 1200. The smallest absolute Gasteiger partial charge is 0.298 e. The number of phenols is 1. The summed E-state index contributed by atoms with van der Waals surface area (Å²) in [4.78, 5) is 0. The third-order valence-electron chi connectivity index (χ3n) is 6.40. The van der Waals surface area contributed by atoms with Crippen molar-refractivity contribution in [1.29, 1.82) is 0 Å². The van der Waals surface area contributed by atoms with Crippen LogP contribution in [0.15, 0.2) is 42.7 Å². The van der Waals surface area contributed by atoms with Gasteiger partial charge in [0.05, 0.1) is 0 Å². The minimum atomic E-state index is 0.189. The molecule has 4 aromatic rings. The first-order valence-corrected chi connectivity index (χ1v) is 9.28. The molecule has 0 aliphatic heterocycles. The fraction of sp³-hybridized carbons (Fsp3) is 0.318. The molecule has 1 fully saturated rings. The van der Waals surface area contributed by atoms with Gasteiger partial charge in [-0.05, 0) is 68.4 Å². The van der Waals surface area contributed by atoms with Crippen molar-refractivity contribution < 1.29 is 9.67 Å². The molecule has 124 valence electrons. The zero-order valence-corrected chi connectivity index (χ0v) is 14.4. The van der Waals surface area contributed by atoms with Gasteiger partial charge in [-0.25, -0.2) is 4.57 Å². The molecule has 6 rings (SSSR count). The number of benzene rings is 2. The van der Waals surface area contributed by atoms with Crippen LogP contribution in [0.5, 0.6) is 5.75 Å². The zero-order chi connectivity index (χ0) is 16.8. The van der Waals surface area contributed by atoms with Crippen molar-refractivity contribution in [3.05, 3.63) is 53.9 Å². The Labute approximate surface area is 146 Å². The third kappa shape index (κ3) is 1.68. The SMILES string of the molecule is CC1([n+]2ccn3c4cc5c(cc4c4cccc(O)c4c32)CCC5)CC1. The number of rotatable bonds is 1. The van der Waals surface area contributed by atoms with Crippen LogP contribution < -0.4 is 4.57 Å². The van der Waals surface area contributed by atoms with E-state index in [2.05, 4.69) is 46.5 Å². The van der Waals surface area contributed by atoms with Crippen LogP contribution in [-0.2, 0) is 18.4 Å². The van der Waals surface area contributed by atoms with Gasteiger partial charge < -0.3 is 5.11 Å². The predicted molar refractivity (Wildman–Crippen MR) is 99.2 cm³/mol. The molecule has 2 aromatic heterocycles. The van der Waals surface area contributed by atoms with Gasteiger partial charge in [-0.1, -0.05) is 12.1 Å². The molecule has 2 heterocycles. The molecular weight excluding hydrogens is 308 g/mol. The highest BCUT2D eigenvalue weighted by Crippen LogP contribution is 2.41. The second kappa shape index (κ2) is 4.34. The van der Waals surface area contributed by atoms with E-state index in [9.17, 15) is 5.11 Å². The molecule has 0 bridgehead atoms. The first kappa shape index (κ1) is 13.7. The van der Waals surface area contributed by atoms with Crippen LogP contribution in [0.2, 0.25) is 0 Å². The molecule has 0 atom stereocenters. The lowest BCUT2D eigenvalue weighted by molar-refractivity contribution is -0.710. The number of imidazole rings is 1. The number of aromatic hydroxyl groups is 1. The predicted octanol–water partition coefficient (Wildman–Crippen LogP) is 4.24. The number of hydrogen-bond acceptors (Lipinski definition) is 1. The van der Waals surface area contributed by atoms with Gasteiger partial charge in [0, 0.05) is 10.8 Å². The van der Waals surface area contributed by atoms with Gasteiger partial charge in [-0.15, -0.1) is 0 Å². The molecule has 2 aromatic carbocycles. The first-order valence-electron chi connectivity index (χ1n) is 9.28. The van der Waals surface area contributed by atoms with Crippen molar-refractivity contribution in [2.45, 2.75) is 44.6 Å². The van der Waals surface area contributed by atoms with Crippen molar-refractivity contribution in [2.24, 2.45) is 0 Å². The maximum Gasteiger partial charge on any atom is 0.298 e. The second-order valence-electron chi connectivity index (χ2n) is 8.05. The van der Waals surface area contributed by atoms with Gasteiger partial charge in [-0.2, -0.15) is 4.40 Å². The van der Waals surface area contributed by atoms with Gasteiger partial charge in [0.25, 0.3) is 5.65 Å². The van der Waals surface area contributed by atoms with Crippen molar-refractivity contribution in [2.75, 3.05) is 0 Å². The molecule has 3 nitrogen and oxygen atoms in total. The lowest BCUT2D eigenvalue weighted by Gasteiger charge is -2.11. The largest absolute Gasteiger partial charge is 0.507 e. The van der Waals surface area contributed by atoms with E-state index in [4.69, 9.17) is 0 Å². The Hall–Kier alpha value is -2.55. The summed E-state index contributed by atoms with van der Waals surface area (Å²) in [7, 11) is 0. The van der Waals surface area contributed by atoms with Crippen LogP contribution in [0.4, 0.5) is 0 Å². The van der Waals surface area contributed by atoms with Crippen LogP contribution in [0.3, 0.4) is 0 Å². The van der Waals surface area contributed by atoms with E-state index in [-0.39, 0.29) is 5.54 Å².